The maximum atomic E-state index is 5.54. The maximum Gasteiger partial charge on any atom is 0.191 e. The standard InChI is InChI=1S/C8H16N4S/c1-3-5-13-8-11-10-7(6-9)12(8)4-2/h3-6,9H2,1-2H3. The van der Waals surface area contributed by atoms with Crippen molar-refractivity contribution in [2.75, 3.05) is 5.75 Å². The molecule has 0 unspecified atom stereocenters. The molecule has 13 heavy (non-hydrogen) atoms. The van der Waals surface area contributed by atoms with Gasteiger partial charge in [0.15, 0.2) is 5.16 Å². The molecule has 0 saturated heterocycles. The van der Waals surface area contributed by atoms with E-state index in [2.05, 4.69) is 28.6 Å². The van der Waals surface area contributed by atoms with E-state index >= 15 is 0 Å². The van der Waals surface area contributed by atoms with Crippen LogP contribution in [0.4, 0.5) is 0 Å². The van der Waals surface area contributed by atoms with E-state index in [9.17, 15) is 0 Å². The number of rotatable bonds is 5. The lowest BCUT2D eigenvalue weighted by atomic mass is 10.6. The van der Waals surface area contributed by atoms with E-state index < -0.39 is 0 Å². The van der Waals surface area contributed by atoms with Gasteiger partial charge >= 0.3 is 0 Å². The summed E-state index contributed by atoms with van der Waals surface area (Å²) < 4.78 is 2.07. The lowest BCUT2D eigenvalue weighted by molar-refractivity contribution is 0.643. The molecular weight excluding hydrogens is 184 g/mol. The summed E-state index contributed by atoms with van der Waals surface area (Å²) in [6.07, 6.45) is 1.15. The highest BCUT2D eigenvalue weighted by Crippen LogP contribution is 2.17. The minimum atomic E-state index is 0.466. The summed E-state index contributed by atoms with van der Waals surface area (Å²) in [4.78, 5) is 0. The van der Waals surface area contributed by atoms with Crippen LogP contribution in [0.5, 0.6) is 0 Å². The molecule has 1 aromatic rings. The van der Waals surface area contributed by atoms with E-state index in [1.807, 2.05) is 0 Å². The van der Waals surface area contributed by atoms with Gasteiger partial charge in [-0.1, -0.05) is 18.7 Å². The van der Waals surface area contributed by atoms with Crippen LogP contribution in [0.15, 0.2) is 5.16 Å². The highest BCUT2D eigenvalue weighted by atomic mass is 32.2. The van der Waals surface area contributed by atoms with Crippen molar-refractivity contribution in [2.24, 2.45) is 5.73 Å². The first kappa shape index (κ1) is 10.5. The predicted molar refractivity (Wildman–Crippen MR) is 54.6 cm³/mol. The number of nitrogens with two attached hydrogens (primary N) is 1. The molecule has 74 valence electrons. The van der Waals surface area contributed by atoms with E-state index in [-0.39, 0.29) is 0 Å². The molecule has 5 heteroatoms. The van der Waals surface area contributed by atoms with Gasteiger partial charge in [0.1, 0.15) is 5.82 Å². The van der Waals surface area contributed by atoms with Gasteiger partial charge in [0.2, 0.25) is 0 Å². The van der Waals surface area contributed by atoms with Gasteiger partial charge in [0.25, 0.3) is 0 Å². The highest BCUT2D eigenvalue weighted by Gasteiger charge is 2.08. The van der Waals surface area contributed by atoms with Gasteiger partial charge in [0, 0.05) is 12.3 Å². The maximum absolute atomic E-state index is 5.54. The Labute approximate surface area is 82.9 Å². The Balaban J connectivity index is 2.75. The molecule has 1 aromatic heterocycles. The Morgan fingerprint density at radius 2 is 2.15 bits per heavy atom. The van der Waals surface area contributed by atoms with Crippen molar-refractivity contribution < 1.29 is 0 Å². The van der Waals surface area contributed by atoms with Gasteiger partial charge in [0.05, 0.1) is 6.54 Å². The van der Waals surface area contributed by atoms with Crippen molar-refractivity contribution in [3.05, 3.63) is 5.82 Å². The molecule has 0 saturated carbocycles. The van der Waals surface area contributed by atoms with Crippen molar-refractivity contribution in [1.29, 1.82) is 0 Å². The smallest absolute Gasteiger partial charge is 0.191 e. The number of hydrogen-bond donors (Lipinski definition) is 1. The normalized spacial score (nSPS) is 10.7. The zero-order valence-electron chi connectivity index (χ0n) is 8.16. The summed E-state index contributed by atoms with van der Waals surface area (Å²) >= 11 is 1.74. The second-order valence-electron chi connectivity index (χ2n) is 2.70. The number of nitrogens with zero attached hydrogens (tertiary/aromatic N) is 3. The van der Waals surface area contributed by atoms with E-state index in [0.717, 1.165) is 29.7 Å². The lowest BCUT2D eigenvalue weighted by Gasteiger charge is -2.04. The van der Waals surface area contributed by atoms with Crippen LogP contribution in [0, 0.1) is 0 Å². The summed E-state index contributed by atoms with van der Waals surface area (Å²) in [6, 6.07) is 0. The molecule has 0 aliphatic rings. The largest absolute Gasteiger partial charge is 0.324 e. The Bertz CT molecular complexity index is 259. The second-order valence-corrected chi connectivity index (χ2v) is 3.76. The van der Waals surface area contributed by atoms with E-state index in [1.54, 1.807) is 11.8 Å². The number of aromatic nitrogens is 3. The molecule has 0 aromatic carbocycles. The van der Waals surface area contributed by atoms with Gasteiger partial charge in [-0.25, -0.2) is 0 Å². The average molecular weight is 200 g/mol. The SMILES string of the molecule is CCCSc1nnc(CN)n1CC. The van der Waals surface area contributed by atoms with Crippen LogP contribution in [0.3, 0.4) is 0 Å². The molecule has 0 aliphatic carbocycles. The first-order chi connectivity index (χ1) is 6.33. The zero-order valence-corrected chi connectivity index (χ0v) is 8.97. The third-order valence-corrected chi connectivity index (χ3v) is 2.90. The molecule has 2 N–H and O–H groups in total. The molecule has 1 heterocycles. The first-order valence-electron chi connectivity index (χ1n) is 4.58. The summed E-state index contributed by atoms with van der Waals surface area (Å²) in [7, 11) is 0. The molecule has 0 amide bonds. The van der Waals surface area contributed by atoms with Gasteiger partial charge < -0.3 is 10.3 Å². The van der Waals surface area contributed by atoms with Crippen LogP contribution in [0.2, 0.25) is 0 Å². The Hall–Kier alpha value is -0.550. The monoisotopic (exact) mass is 200 g/mol. The van der Waals surface area contributed by atoms with Crippen LogP contribution < -0.4 is 5.73 Å². The first-order valence-corrected chi connectivity index (χ1v) is 5.57. The molecule has 0 fully saturated rings. The van der Waals surface area contributed by atoms with E-state index in [4.69, 9.17) is 5.73 Å². The van der Waals surface area contributed by atoms with Crippen LogP contribution in [-0.4, -0.2) is 20.5 Å². The third-order valence-electron chi connectivity index (χ3n) is 1.73. The van der Waals surface area contributed by atoms with Crippen LogP contribution >= 0.6 is 11.8 Å². The lowest BCUT2D eigenvalue weighted by Crippen LogP contribution is -2.08. The molecule has 0 radical (unpaired) electrons. The minimum Gasteiger partial charge on any atom is -0.324 e. The Morgan fingerprint density at radius 3 is 2.69 bits per heavy atom. The molecule has 0 bridgehead atoms. The fourth-order valence-corrected chi connectivity index (χ4v) is 1.96. The van der Waals surface area contributed by atoms with Gasteiger partial charge in [-0.3, -0.25) is 0 Å². The summed E-state index contributed by atoms with van der Waals surface area (Å²) in [5.41, 5.74) is 5.54. The van der Waals surface area contributed by atoms with E-state index in [0.29, 0.717) is 6.54 Å². The number of thioether (sulfide) groups is 1. The quantitative estimate of drug-likeness (QED) is 0.727. The fraction of sp³-hybridized carbons (Fsp3) is 0.750. The topological polar surface area (TPSA) is 56.7 Å². The van der Waals surface area contributed by atoms with Crippen molar-refractivity contribution in [3.8, 4) is 0 Å². The van der Waals surface area contributed by atoms with Gasteiger partial charge in [-0.2, -0.15) is 0 Å². The van der Waals surface area contributed by atoms with Crippen LogP contribution in [-0.2, 0) is 13.1 Å². The molecule has 0 atom stereocenters. The van der Waals surface area contributed by atoms with Gasteiger partial charge in [-0.15, -0.1) is 10.2 Å². The average Bonchev–Trinajstić information content (AvgIpc) is 2.56. The predicted octanol–water partition coefficient (Wildman–Crippen LogP) is 1.26. The third kappa shape index (κ3) is 2.45. The second kappa shape index (κ2) is 5.24. The van der Waals surface area contributed by atoms with Crippen LogP contribution in [0.1, 0.15) is 26.1 Å². The number of hydrogen-bond acceptors (Lipinski definition) is 4. The van der Waals surface area contributed by atoms with Crippen molar-refractivity contribution in [1.82, 2.24) is 14.8 Å². The summed E-state index contributed by atoms with van der Waals surface area (Å²) in [5.74, 6) is 1.96. The van der Waals surface area contributed by atoms with Crippen molar-refractivity contribution in [3.63, 3.8) is 0 Å². The molecule has 1 rings (SSSR count). The Morgan fingerprint density at radius 1 is 1.38 bits per heavy atom. The van der Waals surface area contributed by atoms with E-state index in [1.165, 1.54) is 0 Å². The van der Waals surface area contributed by atoms with Crippen LogP contribution in [0.25, 0.3) is 0 Å². The summed E-state index contributed by atoms with van der Waals surface area (Å²) in [5, 5.41) is 9.11. The minimum absolute atomic E-state index is 0.466. The fourth-order valence-electron chi connectivity index (χ4n) is 1.09. The Kier molecular flexibility index (Phi) is 4.24. The highest BCUT2D eigenvalue weighted by molar-refractivity contribution is 7.99. The van der Waals surface area contributed by atoms with Crippen molar-refractivity contribution in [2.45, 2.75) is 38.5 Å². The van der Waals surface area contributed by atoms with Gasteiger partial charge in [-0.05, 0) is 13.3 Å². The zero-order chi connectivity index (χ0) is 9.68. The molecule has 0 spiro atoms. The van der Waals surface area contributed by atoms with Crippen molar-refractivity contribution >= 4 is 11.8 Å². The molecular formula is C8H16N4S. The summed E-state index contributed by atoms with van der Waals surface area (Å²) in [6.45, 7) is 5.60. The molecule has 0 aliphatic heterocycles. The molecule has 4 nitrogen and oxygen atoms in total.